The number of ether oxygens (including phenoxy) is 3. The predicted molar refractivity (Wildman–Crippen MR) is 89.4 cm³/mol. The summed E-state index contributed by atoms with van der Waals surface area (Å²) in [5.74, 6) is 0.339. The normalized spacial score (nSPS) is 30.9. The number of carboxylic acids is 1. The van der Waals surface area contributed by atoms with E-state index < -0.39 is 17.5 Å². The minimum Gasteiger partial charge on any atom is -0.497 e. The van der Waals surface area contributed by atoms with E-state index in [4.69, 9.17) is 14.2 Å². The average Bonchev–Trinajstić information content (AvgIpc) is 2.52. The van der Waals surface area contributed by atoms with E-state index in [1.165, 1.54) is 0 Å². The monoisotopic (exact) mass is 334 g/mol. The van der Waals surface area contributed by atoms with Gasteiger partial charge in [-0.2, -0.15) is 0 Å². The number of benzene rings is 1. The van der Waals surface area contributed by atoms with Crippen LogP contribution in [0, 0.1) is 17.8 Å². The van der Waals surface area contributed by atoms with E-state index in [1.807, 2.05) is 45.9 Å². The summed E-state index contributed by atoms with van der Waals surface area (Å²) in [7, 11) is 1.63. The third-order valence-corrected chi connectivity index (χ3v) is 5.34. The fourth-order valence-electron chi connectivity index (χ4n) is 4.02. The highest BCUT2D eigenvalue weighted by molar-refractivity contribution is 5.71. The van der Waals surface area contributed by atoms with Crippen LogP contribution in [0.15, 0.2) is 18.2 Å². The molecule has 1 fully saturated rings. The Morgan fingerprint density at radius 2 is 2.08 bits per heavy atom. The molecule has 2 aliphatic heterocycles. The smallest absolute Gasteiger partial charge is 0.309 e. The Labute approximate surface area is 142 Å². The first-order valence-corrected chi connectivity index (χ1v) is 8.50. The van der Waals surface area contributed by atoms with Gasteiger partial charge in [0.2, 0.25) is 0 Å². The highest BCUT2D eigenvalue weighted by atomic mass is 16.5. The number of rotatable bonds is 3. The van der Waals surface area contributed by atoms with Crippen LogP contribution in [-0.4, -0.2) is 29.9 Å². The molecular weight excluding hydrogens is 308 g/mol. The first-order valence-electron chi connectivity index (χ1n) is 8.50. The van der Waals surface area contributed by atoms with E-state index in [0.717, 1.165) is 17.1 Å². The van der Waals surface area contributed by atoms with Crippen LogP contribution < -0.4 is 9.47 Å². The third kappa shape index (κ3) is 2.75. The molecule has 1 aromatic carbocycles. The van der Waals surface area contributed by atoms with Gasteiger partial charge in [-0.05, 0) is 38.3 Å². The minimum atomic E-state index is -0.788. The molecule has 0 amide bonds. The summed E-state index contributed by atoms with van der Waals surface area (Å²) in [6.07, 6.45) is 0.103. The maximum atomic E-state index is 11.7. The maximum Gasteiger partial charge on any atom is 0.309 e. The van der Waals surface area contributed by atoms with Crippen LogP contribution in [0.25, 0.3) is 0 Å². The largest absolute Gasteiger partial charge is 0.497 e. The summed E-state index contributed by atoms with van der Waals surface area (Å²) >= 11 is 0. The first kappa shape index (κ1) is 17.1. The van der Waals surface area contributed by atoms with E-state index in [1.54, 1.807) is 7.11 Å². The molecule has 5 nitrogen and oxygen atoms in total. The molecule has 1 saturated heterocycles. The Bertz CT molecular complexity index is 637. The molecule has 132 valence electrons. The number of carboxylic acid groups (broad SMARTS) is 1. The van der Waals surface area contributed by atoms with Crippen LogP contribution >= 0.6 is 0 Å². The molecular formula is C19H26O5. The molecule has 4 atom stereocenters. The van der Waals surface area contributed by atoms with Crippen molar-refractivity contribution in [2.45, 2.75) is 51.9 Å². The van der Waals surface area contributed by atoms with E-state index in [-0.39, 0.29) is 24.0 Å². The molecule has 1 N–H and O–H groups in total. The van der Waals surface area contributed by atoms with Crippen molar-refractivity contribution in [1.82, 2.24) is 0 Å². The molecule has 3 rings (SSSR count). The van der Waals surface area contributed by atoms with Crippen LogP contribution in [0.5, 0.6) is 11.5 Å². The van der Waals surface area contributed by atoms with E-state index in [2.05, 4.69) is 0 Å². The lowest BCUT2D eigenvalue weighted by atomic mass is 9.70. The van der Waals surface area contributed by atoms with Gasteiger partial charge in [-0.1, -0.05) is 13.8 Å². The topological polar surface area (TPSA) is 65.0 Å². The van der Waals surface area contributed by atoms with Crippen molar-refractivity contribution in [3.8, 4) is 11.5 Å². The number of hydrogen-bond acceptors (Lipinski definition) is 4. The molecule has 2 aliphatic rings. The van der Waals surface area contributed by atoms with Crippen molar-refractivity contribution in [2.75, 3.05) is 7.11 Å². The Hall–Kier alpha value is -1.75. The van der Waals surface area contributed by atoms with Gasteiger partial charge in [0.15, 0.2) is 0 Å². The molecule has 0 radical (unpaired) electrons. The lowest BCUT2D eigenvalue weighted by Crippen LogP contribution is -2.53. The zero-order chi connectivity index (χ0) is 17.6. The highest BCUT2D eigenvalue weighted by Gasteiger charge is 2.52. The van der Waals surface area contributed by atoms with Crippen LogP contribution in [0.3, 0.4) is 0 Å². The van der Waals surface area contributed by atoms with Crippen molar-refractivity contribution in [2.24, 2.45) is 17.8 Å². The molecule has 24 heavy (non-hydrogen) atoms. The van der Waals surface area contributed by atoms with Crippen LogP contribution in [-0.2, 0) is 9.53 Å². The highest BCUT2D eigenvalue weighted by Crippen LogP contribution is 2.53. The minimum absolute atomic E-state index is 0.00510. The summed E-state index contributed by atoms with van der Waals surface area (Å²) in [6.45, 7) is 8.04. The quantitative estimate of drug-likeness (QED) is 0.913. The van der Waals surface area contributed by atoms with Gasteiger partial charge in [-0.25, -0.2) is 0 Å². The zero-order valence-corrected chi connectivity index (χ0v) is 14.9. The second kappa shape index (κ2) is 5.96. The van der Waals surface area contributed by atoms with Crippen molar-refractivity contribution in [1.29, 1.82) is 0 Å². The molecule has 1 aromatic rings. The Kier molecular flexibility index (Phi) is 4.24. The molecule has 0 bridgehead atoms. The second-order valence-electron chi connectivity index (χ2n) is 7.66. The summed E-state index contributed by atoms with van der Waals surface area (Å²) < 4.78 is 17.9. The number of fused-ring (bicyclic) bond motifs is 3. The Morgan fingerprint density at radius 1 is 1.38 bits per heavy atom. The maximum absolute atomic E-state index is 11.7. The Morgan fingerprint density at radius 3 is 2.67 bits per heavy atom. The number of hydrogen-bond donors (Lipinski definition) is 1. The van der Waals surface area contributed by atoms with Crippen LogP contribution in [0.1, 0.15) is 45.8 Å². The molecule has 0 aromatic heterocycles. The van der Waals surface area contributed by atoms with Crippen molar-refractivity contribution < 1.29 is 24.1 Å². The summed E-state index contributed by atoms with van der Waals surface area (Å²) in [4.78, 5) is 11.7. The van der Waals surface area contributed by atoms with Crippen LogP contribution in [0.4, 0.5) is 0 Å². The van der Waals surface area contributed by atoms with Gasteiger partial charge < -0.3 is 19.3 Å². The Balaban J connectivity index is 2.03. The lowest BCUT2D eigenvalue weighted by molar-refractivity contribution is -0.195. The predicted octanol–water partition coefficient (Wildman–Crippen LogP) is 3.67. The number of carbonyl (C=O) groups is 1. The van der Waals surface area contributed by atoms with Gasteiger partial charge in [-0.3, -0.25) is 4.79 Å². The lowest BCUT2D eigenvalue weighted by Gasteiger charge is -2.51. The fourth-order valence-corrected chi connectivity index (χ4v) is 4.02. The standard InChI is InChI=1S/C19H26O5/c1-10(2)16-13(18(20)21)9-14-17(23-16)12-7-6-11(22-5)8-15(12)24-19(14,3)4/h6-8,10,13-14,16-17H,9H2,1-5H3,(H,20,21)/t13-,14+,16+,17-/m0/s1. The van der Waals surface area contributed by atoms with E-state index in [0.29, 0.717) is 6.42 Å². The summed E-state index contributed by atoms with van der Waals surface area (Å²) in [5, 5.41) is 9.64. The molecule has 0 spiro atoms. The molecule has 2 heterocycles. The molecule has 5 heteroatoms. The van der Waals surface area contributed by atoms with Gasteiger partial charge >= 0.3 is 5.97 Å². The van der Waals surface area contributed by atoms with Gasteiger partial charge in [-0.15, -0.1) is 0 Å². The summed E-state index contributed by atoms with van der Waals surface area (Å²) in [5.41, 5.74) is 0.481. The van der Waals surface area contributed by atoms with E-state index in [9.17, 15) is 9.90 Å². The summed E-state index contributed by atoms with van der Waals surface area (Å²) in [6, 6.07) is 5.75. The second-order valence-corrected chi connectivity index (χ2v) is 7.66. The first-order chi connectivity index (χ1) is 11.2. The number of aliphatic carboxylic acids is 1. The van der Waals surface area contributed by atoms with Crippen molar-refractivity contribution in [3.63, 3.8) is 0 Å². The third-order valence-electron chi connectivity index (χ3n) is 5.34. The molecule has 0 aliphatic carbocycles. The van der Waals surface area contributed by atoms with Gasteiger partial charge in [0, 0.05) is 17.5 Å². The SMILES string of the molecule is COc1ccc2c(c1)OC(C)(C)[C@@H]1C[C@H](C(=O)O)[C@@H](C(C)C)O[C@@H]21. The number of methoxy groups -OCH3 is 1. The fraction of sp³-hybridized carbons (Fsp3) is 0.632. The van der Waals surface area contributed by atoms with E-state index >= 15 is 0 Å². The van der Waals surface area contributed by atoms with Gasteiger partial charge in [0.05, 0.1) is 25.2 Å². The van der Waals surface area contributed by atoms with Gasteiger partial charge in [0.1, 0.15) is 17.1 Å². The average molecular weight is 334 g/mol. The molecule has 0 unspecified atom stereocenters. The van der Waals surface area contributed by atoms with Gasteiger partial charge in [0.25, 0.3) is 0 Å². The molecule has 0 saturated carbocycles. The zero-order valence-electron chi connectivity index (χ0n) is 14.9. The van der Waals surface area contributed by atoms with Crippen LogP contribution in [0.2, 0.25) is 0 Å². The van der Waals surface area contributed by atoms with Crippen molar-refractivity contribution in [3.05, 3.63) is 23.8 Å². The van der Waals surface area contributed by atoms with Crippen molar-refractivity contribution >= 4 is 5.97 Å².